The van der Waals surface area contributed by atoms with Gasteiger partial charge in [0.15, 0.2) is 6.61 Å². The summed E-state index contributed by atoms with van der Waals surface area (Å²) in [6.45, 7) is -0.897. The third-order valence-electron chi connectivity index (χ3n) is 6.46. The predicted octanol–water partition coefficient (Wildman–Crippen LogP) is 1.22. The highest BCUT2D eigenvalue weighted by Crippen LogP contribution is 2.65. The van der Waals surface area contributed by atoms with Gasteiger partial charge in [0, 0.05) is 5.69 Å². The van der Waals surface area contributed by atoms with E-state index >= 15 is 0 Å². The van der Waals surface area contributed by atoms with Gasteiger partial charge in [0.25, 0.3) is 5.91 Å². The van der Waals surface area contributed by atoms with Gasteiger partial charge in [-0.3, -0.25) is 24.1 Å². The number of nitrogens with one attached hydrogen (secondary N) is 1. The third-order valence-corrected chi connectivity index (χ3v) is 6.46. The van der Waals surface area contributed by atoms with Crippen LogP contribution in [0.2, 0.25) is 0 Å². The second-order valence-electron chi connectivity index (χ2n) is 7.99. The molecule has 3 fully saturated rings. The molecule has 7 nitrogen and oxygen atoms in total. The smallest absolute Gasteiger partial charge is 0.326 e. The number of carbonyl (C=O) groups excluding carboxylic acids is 4. The fraction of sp³-hybridized carbons (Fsp3) is 0.429. The van der Waals surface area contributed by atoms with Crippen LogP contribution in [0.1, 0.15) is 6.42 Å². The Hall–Kier alpha value is -2.96. The molecule has 28 heavy (non-hydrogen) atoms. The Morgan fingerprint density at radius 3 is 2.21 bits per heavy atom. The van der Waals surface area contributed by atoms with Crippen LogP contribution in [0.3, 0.4) is 0 Å². The lowest BCUT2D eigenvalue weighted by Gasteiger charge is -2.37. The van der Waals surface area contributed by atoms with E-state index in [9.17, 15) is 19.2 Å². The number of rotatable bonds is 5. The van der Waals surface area contributed by atoms with Gasteiger partial charge in [0.05, 0.1) is 11.8 Å². The van der Waals surface area contributed by atoms with E-state index in [1.807, 2.05) is 6.07 Å². The number of amides is 3. The van der Waals surface area contributed by atoms with Crippen molar-refractivity contribution in [1.29, 1.82) is 0 Å². The number of esters is 1. The Bertz CT molecular complexity index is 859. The summed E-state index contributed by atoms with van der Waals surface area (Å²) in [7, 11) is 0. The fourth-order valence-electron chi connectivity index (χ4n) is 5.21. The van der Waals surface area contributed by atoms with Gasteiger partial charge in [-0.25, -0.2) is 0 Å². The highest BCUT2D eigenvalue weighted by molar-refractivity contribution is 6.08. The lowest BCUT2D eigenvalue weighted by molar-refractivity contribution is -0.154. The minimum absolute atomic E-state index is 0.120. The molecule has 1 aromatic carbocycles. The lowest BCUT2D eigenvalue weighted by Crippen LogP contribution is -2.40. The van der Waals surface area contributed by atoms with Crippen molar-refractivity contribution >= 4 is 29.4 Å². The number of likely N-dealkylation sites (tertiary alicyclic amines) is 1. The summed E-state index contributed by atoms with van der Waals surface area (Å²) >= 11 is 0. The van der Waals surface area contributed by atoms with E-state index in [1.165, 1.54) is 0 Å². The van der Waals surface area contributed by atoms with Crippen molar-refractivity contribution in [2.75, 3.05) is 18.5 Å². The molecule has 0 aromatic heterocycles. The molecule has 1 aromatic rings. The molecular weight excluding hydrogens is 360 g/mol. The molecule has 7 heteroatoms. The largest absolute Gasteiger partial charge is 0.454 e. The van der Waals surface area contributed by atoms with Crippen LogP contribution in [-0.4, -0.2) is 41.7 Å². The molecule has 0 unspecified atom stereocenters. The van der Waals surface area contributed by atoms with Crippen LogP contribution < -0.4 is 5.32 Å². The molecule has 2 bridgehead atoms. The van der Waals surface area contributed by atoms with Crippen molar-refractivity contribution in [3.8, 4) is 0 Å². The first-order chi connectivity index (χ1) is 13.5. The molecule has 144 valence electrons. The molecule has 1 aliphatic heterocycles. The molecule has 1 N–H and O–H groups in total. The summed E-state index contributed by atoms with van der Waals surface area (Å²) in [6, 6.07) is 8.81. The van der Waals surface area contributed by atoms with Crippen LogP contribution in [0, 0.1) is 35.5 Å². The van der Waals surface area contributed by atoms with Crippen LogP contribution in [0.15, 0.2) is 42.5 Å². The molecule has 1 heterocycles. The Balaban J connectivity index is 1.18. The SMILES string of the molecule is O=C(COC(=O)CN1C(=O)[C@@H]2[C@H]3C=C[C@H]([C@H]4C[C@H]34)[C@@H]2C1=O)Nc1ccccc1. The van der Waals surface area contributed by atoms with Crippen molar-refractivity contribution < 1.29 is 23.9 Å². The van der Waals surface area contributed by atoms with Crippen LogP contribution in [0.4, 0.5) is 5.69 Å². The number of para-hydroxylation sites is 1. The van der Waals surface area contributed by atoms with Gasteiger partial charge in [-0.1, -0.05) is 30.4 Å². The molecule has 2 saturated carbocycles. The lowest BCUT2D eigenvalue weighted by atomic mass is 9.63. The summed E-state index contributed by atoms with van der Waals surface area (Å²) < 4.78 is 4.97. The van der Waals surface area contributed by atoms with E-state index < -0.39 is 25.0 Å². The minimum Gasteiger partial charge on any atom is -0.454 e. The Labute approximate surface area is 161 Å². The molecule has 6 rings (SSSR count). The van der Waals surface area contributed by atoms with Crippen molar-refractivity contribution in [1.82, 2.24) is 4.90 Å². The van der Waals surface area contributed by atoms with Gasteiger partial charge in [-0.2, -0.15) is 0 Å². The predicted molar refractivity (Wildman–Crippen MR) is 97.4 cm³/mol. The van der Waals surface area contributed by atoms with E-state index in [-0.39, 0.29) is 35.5 Å². The second-order valence-corrected chi connectivity index (χ2v) is 7.99. The number of allylic oxidation sites excluding steroid dienone is 2. The average molecular weight is 380 g/mol. The molecule has 5 aliphatic rings. The van der Waals surface area contributed by atoms with Crippen LogP contribution >= 0.6 is 0 Å². The van der Waals surface area contributed by atoms with Crippen molar-refractivity contribution in [2.45, 2.75) is 6.42 Å². The maximum Gasteiger partial charge on any atom is 0.326 e. The quantitative estimate of drug-likeness (QED) is 0.471. The van der Waals surface area contributed by atoms with Crippen LogP contribution in [0.25, 0.3) is 0 Å². The molecular formula is C21H20N2O5. The number of ether oxygens (including phenoxy) is 1. The number of nitrogens with zero attached hydrogens (tertiary/aromatic N) is 1. The van der Waals surface area contributed by atoms with E-state index in [1.54, 1.807) is 24.3 Å². The average Bonchev–Trinajstić information content (AvgIpc) is 3.48. The highest BCUT2D eigenvalue weighted by atomic mass is 16.5. The number of benzene rings is 1. The number of carbonyl (C=O) groups is 4. The van der Waals surface area contributed by atoms with Crippen LogP contribution in [-0.2, 0) is 23.9 Å². The standard InChI is InChI=1S/C21H20N2O5/c24-16(22-11-4-2-1-3-5-11)10-28-17(25)9-23-20(26)18-12-6-7-13(15-8-14(12)15)19(18)21(23)27/h1-7,12-15,18-19H,8-10H2,(H,22,24)/t12-,13+,14-,15-,18+,19-/m1/s1. The first kappa shape index (κ1) is 17.2. The topological polar surface area (TPSA) is 92.8 Å². The van der Waals surface area contributed by atoms with E-state index in [0.717, 1.165) is 11.3 Å². The van der Waals surface area contributed by atoms with E-state index in [0.29, 0.717) is 17.5 Å². The van der Waals surface area contributed by atoms with Gasteiger partial charge in [0.1, 0.15) is 6.54 Å². The van der Waals surface area contributed by atoms with Crippen molar-refractivity contribution in [3.05, 3.63) is 42.5 Å². The molecule has 3 amide bonds. The fourth-order valence-corrected chi connectivity index (χ4v) is 5.21. The molecule has 1 saturated heterocycles. The summed E-state index contributed by atoms with van der Waals surface area (Å²) in [5.74, 6) is -1.17. The molecule has 6 atom stereocenters. The highest BCUT2D eigenvalue weighted by Gasteiger charge is 2.67. The summed E-state index contributed by atoms with van der Waals surface area (Å²) in [5, 5.41) is 2.61. The van der Waals surface area contributed by atoms with Gasteiger partial charge in [-0.05, 0) is 42.2 Å². The number of anilines is 1. The van der Waals surface area contributed by atoms with Gasteiger partial charge in [0.2, 0.25) is 11.8 Å². The van der Waals surface area contributed by atoms with Gasteiger partial charge in [-0.15, -0.1) is 0 Å². The van der Waals surface area contributed by atoms with Crippen molar-refractivity contribution in [2.24, 2.45) is 35.5 Å². The zero-order valence-corrected chi connectivity index (χ0v) is 15.1. The van der Waals surface area contributed by atoms with Gasteiger partial charge < -0.3 is 10.1 Å². The zero-order chi connectivity index (χ0) is 19.4. The summed E-state index contributed by atoms with van der Waals surface area (Å²) in [4.78, 5) is 50.7. The number of imide groups is 1. The monoisotopic (exact) mass is 380 g/mol. The first-order valence-electron chi connectivity index (χ1n) is 9.58. The Morgan fingerprint density at radius 1 is 1.00 bits per heavy atom. The van der Waals surface area contributed by atoms with Crippen molar-refractivity contribution in [3.63, 3.8) is 0 Å². The first-order valence-corrected chi connectivity index (χ1v) is 9.58. The Kier molecular flexibility index (Phi) is 3.86. The molecule has 4 aliphatic carbocycles. The van der Waals surface area contributed by atoms with Gasteiger partial charge >= 0.3 is 5.97 Å². The number of hydrogen-bond acceptors (Lipinski definition) is 5. The zero-order valence-electron chi connectivity index (χ0n) is 15.1. The Morgan fingerprint density at radius 2 is 1.61 bits per heavy atom. The van der Waals surface area contributed by atoms with Crippen LogP contribution in [0.5, 0.6) is 0 Å². The maximum absolute atomic E-state index is 12.8. The maximum atomic E-state index is 12.8. The van der Waals surface area contributed by atoms with E-state index in [2.05, 4.69) is 17.5 Å². The van der Waals surface area contributed by atoms with E-state index in [4.69, 9.17) is 4.74 Å². The summed E-state index contributed by atoms with van der Waals surface area (Å²) in [5.41, 5.74) is 0.596. The molecule has 0 spiro atoms. The normalized spacial score (nSPS) is 34.1. The number of hydrogen-bond donors (Lipinski definition) is 1. The summed E-state index contributed by atoms with van der Waals surface area (Å²) in [6.07, 6.45) is 5.26. The second kappa shape index (κ2) is 6.29. The minimum atomic E-state index is -0.756. The molecule has 0 radical (unpaired) electrons. The third kappa shape index (κ3) is 2.65.